The summed E-state index contributed by atoms with van der Waals surface area (Å²) in [5.41, 5.74) is 0. The quantitative estimate of drug-likeness (QED) is 0.423. The Bertz CT molecular complexity index is 10.0. The summed E-state index contributed by atoms with van der Waals surface area (Å²) in [6.07, 6.45) is 0. The summed E-state index contributed by atoms with van der Waals surface area (Å²) in [5, 5.41) is 0. The molecule has 0 bridgehead atoms. The van der Waals surface area contributed by atoms with E-state index < -0.39 is 6.86 Å². The Hall–Kier alpha value is 0.320. The Morgan fingerprint density at radius 2 is 2.25 bits per heavy atom. The molecule has 0 aromatic rings. The zero-order valence-corrected chi connectivity index (χ0v) is 3.23. The first-order valence-electron chi connectivity index (χ1n) is 0.792. The highest BCUT2D eigenvalue weighted by Gasteiger charge is 1.56. The molecular formula is CH4FOP. The van der Waals surface area contributed by atoms with E-state index in [9.17, 15) is 4.39 Å². The van der Waals surface area contributed by atoms with Gasteiger partial charge in [0.25, 0.3) is 0 Å². The molecule has 0 radical (unpaired) electrons. The maximum Gasteiger partial charge on any atom is 0.191 e. The van der Waals surface area contributed by atoms with Crippen molar-refractivity contribution in [2.24, 2.45) is 0 Å². The van der Waals surface area contributed by atoms with E-state index in [0.29, 0.717) is 0 Å². The van der Waals surface area contributed by atoms with Crippen LogP contribution >= 0.6 is 9.47 Å². The number of rotatable bonds is 1. The smallest absolute Gasteiger partial charge is 0.191 e. The van der Waals surface area contributed by atoms with Gasteiger partial charge < -0.3 is 4.52 Å². The molecule has 0 aliphatic rings. The lowest BCUT2D eigenvalue weighted by Crippen LogP contribution is -1.59. The summed E-state index contributed by atoms with van der Waals surface area (Å²) >= 11 is 0. The van der Waals surface area contributed by atoms with Crippen molar-refractivity contribution >= 4 is 9.47 Å². The first kappa shape index (κ1) is 4.32. The summed E-state index contributed by atoms with van der Waals surface area (Å²) in [6.45, 7) is -0.718. The van der Waals surface area contributed by atoms with Crippen LogP contribution in [0, 0.1) is 0 Å². The van der Waals surface area contributed by atoms with E-state index in [0.717, 1.165) is 0 Å². The van der Waals surface area contributed by atoms with Gasteiger partial charge in [0.05, 0.1) is 0 Å². The van der Waals surface area contributed by atoms with Gasteiger partial charge in [-0.3, -0.25) is 0 Å². The third-order valence-electron chi connectivity index (χ3n) is 0.0630. The lowest BCUT2D eigenvalue weighted by molar-refractivity contribution is 0.223. The van der Waals surface area contributed by atoms with Gasteiger partial charge in [-0.05, 0) is 0 Å². The second kappa shape index (κ2) is 3.32. The van der Waals surface area contributed by atoms with E-state index in [1.165, 1.54) is 0 Å². The van der Waals surface area contributed by atoms with Crippen LogP contribution in [0.4, 0.5) is 4.39 Å². The third kappa shape index (κ3) is 2.32. The molecule has 0 aromatic carbocycles. The number of alkyl halides is 1. The minimum atomic E-state index is -0.718. The van der Waals surface area contributed by atoms with Gasteiger partial charge in [-0.2, -0.15) is 0 Å². The molecule has 0 saturated carbocycles. The van der Waals surface area contributed by atoms with E-state index in [-0.39, 0.29) is 0 Å². The maximum atomic E-state index is 10.5. The van der Waals surface area contributed by atoms with E-state index in [1.54, 1.807) is 9.47 Å². The molecule has 1 nitrogen and oxygen atoms in total. The van der Waals surface area contributed by atoms with Gasteiger partial charge in [0.2, 0.25) is 0 Å². The number of hydrogen-bond acceptors (Lipinski definition) is 1. The SMILES string of the molecule is FCOP. The second-order valence-electron chi connectivity index (χ2n) is 0.276. The van der Waals surface area contributed by atoms with Crippen LogP contribution in [0.2, 0.25) is 0 Å². The topological polar surface area (TPSA) is 9.23 Å². The highest BCUT2D eigenvalue weighted by Crippen LogP contribution is 1.79. The van der Waals surface area contributed by atoms with Crippen LogP contribution in [0.15, 0.2) is 0 Å². The normalized spacial score (nSPS) is 7.50. The Morgan fingerprint density at radius 3 is 2.25 bits per heavy atom. The van der Waals surface area contributed by atoms with Gasteiger partial charge in [-0.25, -0.2) is 4.39 Å². The molecule has 0 N–H and O–H groups in total. The molecule has 0 aromatic heterocycles. The predicted molar refractivity (Wildman–Crippen MR) is 16.8 cm³/mol. The minimum Gasteiger partial charge on any atom is -0.334 e. The highest BCUT2D eigenvalue weighted by atomic mass is 31.0. The van der Waals surface area contributed by atoms with Crippen LogP contribution in [0.5, 0.6) is 0 Å². The van der Waals surface area contributed by atoms with Crippen molar-refractivity contribution < 1.29 is 8.91 Å². The first-order chi connectivity index (χ1) is 1.91. The largest absolute Gasteiger partial charge is 0.334 e. The summed E-state index contributed by atoms with van der Waals surface area (Å²) in [5.74, 6) is 0. The molecule has 0 heterocycles. The predicted octanol–water partition coefficient (Wildman–Crippen LogP) is 0.720. The van der Waals surface area contributed by atoms with E-state index in [4.69, 9.17) is 0 Å². The van der Waals surface area contributed by atoms with E-state index in [1.807, 2.05) is 0 Å². The Morgan fingerprint density at radius 1 is 2.00 bits per heavy atom. The number of halogens is 1. The fourth-order valence-corrected chi connectivity index (χ4v) is 0. The van der Waals surface area contributed by atoms with Crippen LogP contribution in [0.1, 0.15) is 0 Å². The standard InChI is InChI=1S/CH4FOP/c2-1-3-4/h1,4H2. The Balaban J connectivity index is 1.97. The van der Waals surface area contributed by atoms with Crippen molar-refractivity contribution in [1.82, 2.24) is 0 Å². The molecule has 0 saturated heterocycles. The molecule has 1 atom stereocenters. The van der Waals surface area contributed by atoms with Crippen molar-refractivity contribution in [2.45, 2.75) is 0 Å². The van der Waals surface area contributed by atoms with Crippen molar-refractivity contribution in [3.05, 3.63) is 0 Å². The average Bonchev–Trinajstić information content (AvgIpc) is 1.37. The average molecular weight is 82.0 g/mol. The third-order valence-corrected chi connectivity index (χ3v) is 0.189. The fourth-order valence-electron chi connectivity index (χ4n) is 0. The number of hydrogen-bond donors (Lipinski definition) is 0. The van der Waals surface area contributed by atoms with Gasteiger partial charge >= 0.3 is 0 Å². The fraction of sp³-hybridized carbons (Fsp3) is 1.00. The summed E-state index contributed by atoms with van der Waals surface area (Å²) in [4.78, 5) is 0. The van der Waals surface area contributed by atoms with Gasteiger partial charge in [0, 0.05) is 9.47 Å². The molecular weight excluding hydrogens is 78.0 g/mol. The van der Waals surface area contributed by atoms with Crippen LogP contribution in [-0.2, 0) is 4.52 Å². The van der Waals surface area contributed by atoms with Gasteiger partial charge in [0.1, 0.15) is 0 Å². The monoisotopic (exact) mass is 82.0 g/mol. The van der Waals surface area contributed by atoms with E-state index in [2.05, 4.69) is 4.52 Å². The molecule has 4 heavy (non-hydrogen) atoms. The van der Waals surface area contributed by atoms with Crippen molar-refractivity contribution in [3.63, 3.8) is 0 Å². The molecule has 26 valence electrons. The zero-order valence-electron chi connectivity index (χ0n) is 2.07. The van der Waals surface area contributed by atoms with Crippen LogP contribution in [-0.4, -0.2) is 6.86 Å². The van der Waals surface area contributed by atoms with Gasteiger partial charge in [-0.1, -0.05) is 0 Å². The Labute approximate surface area is 26.4 Å². The van der Waals surface area contributed by atoms with Crippen LogP contribution in [0.3, 0.4) is 0 Å². The van der Waals surface area contributed by atoms with Crippen LogP contribution in [0.25, 0.3) is 0 Å². The molecule has 1 unspecified atom stereocenters. The van der Waals surface area contributed by atoms with Crippen molar-refractivity contribution in [3.8, 4) is 0 Å². The summed E-state index contributed by atoms with van der Waals surface area (Å²) < 4.78 is 14.3. The molecule has 0 amide bonds. The second-order valence-corrected chi connectivity index (χ2v) is 0.609. The summed E-state index contributed by atoms with van der Waals surface area (Å²) in [6, 6.07) is 0. The highest BCUT2D eigenvalue weighted by molar-refractivity contribution is 7.09. The van der Waals surface area contributed by atoms with Crippen molar-refractivity contribution in [1.29, 1.82) is 0 Å². The lowest BCUT2D eigenvalue weighted by Gasteiger charge is -1.72. The first-order valence-corrected chi connectivity index (χ1v) is 1.26. The summed E-state index contributed by atoms with van der Waals surface area (Å²) in [7, 11) is 1.78. The molecule has 0 aliphatic heterocycles. The van der Waals surface area contributed by atoms with Crippen LogP contribution < -0.4 is 0 Å². The zero-order chi connectivity index (χ0) is 3.41. The van der Waals surface area contributed by atoms with Crippen molar-refractivity contribution in [2.75, 3.05) is 6.86 Å². The molecule has 0 fully saturated rings. The molecule has 3 heteroatoms. The lowest BCUT2D eigenvalue weighted by atomic mass is 11.6. The van der Waals surface area contributed by atoms with E-state index >= 15 is 0 Å². The molecule has 0 aliphatic carbocycles. The molecule has 0 spiro atoms. The van der Waals surface area contributed by atoms with Gasteiger partial charge in [-0.15, -0.1) is 0 Å². The molecule has 0 rings (SSSR count). The maximum absolute atomic E-state index is 10.5. The Kier molecular flexibility index (Phi) is 3.59. The van der Waals surface area contributed by atoms with Gasteiger partial charge in [0.15, 0.2) is 6.86 Å². The minimum absolute atomic E-state index is 0.718.